The number of anilines is 1. The van der Waals surface area contributed by atoms with Gasteiger partial charge in [0.2, 0.25) is 0 Å². The summed E-state index contributed by atoms with van der Waals surface area (Å²) in [5, 5.41) is 10.8. The van der Waals surface area contributed by atoms with E-state index in [-0.39, 0.29) is 12.1 Å². The number of hydrogen-bond acceptors (Lipinski definition) is 5. The maximum atomic E-state index is 11.9. The molecule has 2 N–H and O–H groups in total. The van der Waals surface area contributed by atoms with Gasteiger partial charge in [-0.2, -0.15) is 5.10 Å². The molecule has 2 amide bonds. The molecule has 0 atom stereocenters. The summed E-state index contributed by atoms with van der Waals surface area (Å²) in [6.45, 7) is 7.91. The molecule has 0 aliphatic carbocycles. The van der Waals surface area contributed by atoms with E-state index in [1.807, 2.05) is 18.5 Å². The lowest BCUT2D eigenvalue weighted by atomic mass is 10.2. The third kappa shape index (κ3) is 4.66. The Morgan fingerprint density at radius 2 is 1.92 bits per heavy atom. The lowest BCUT2D eigenvalue weighted by Gasteiger charge is -2.19. The van der Waals surface area contributed by atoms with Gasteiger partial charge in [0.1, 0.15) is 12.1 Å². The number of nitrogens with one attached hydrogen (secondary N) is 2. The first-order valence-electron chi connectivity index (χ1n) is 9.10. The Labute approximate surface area is 148 Å². The minimum Gasteiger partial charge on any atom is -0.336 e. The molecule has 0 spiro atoms. The van der Waals surface area contributed by atoms with Gasteiger partial charge in [-0.3, -0.25) is 5.32 Å². The second-order valence-electron chi connectivity index (χ2n) is 6.84. The topological polar surface area (TPSA) is 88.0 Å². The van der Waals surface area contributed by atoms with E-state index in [0.717, 1.165) is 37.2 Å². The van der Waals surface area contributed by atoms with Crippen molar-refractivity contribution in [2.75, 3.05) is 25.0 Å². The summed E-state index contributed by atoms with van der Waals surface area (Å²) in [7, 11) is 0. The molecule has 136 valence electrons. The monoisotopic (exact) mass is 345 g/mol. The molecule has 0 aromatic carbocycles. The molecular formula is C17H27N7O. The molecule has 0 radical (unpaired) electrons. The van der Waals surface area contributed by atoms with Crippen molar-refractivity contribution in [3.05, 3.63) is 12.5 Å². The molecule has 3 heterocycles. The van der Waals surface area contributed by atoms with E-state index in [4.69, 9.17) is 0 Å². The van der Waals surface area contributed by atoms with Crippen molar-refractivity contribution >= 4 is 22.9 Å². The van der Waals surface area contributed by atoms with Crippen LogP contribution in [0.25, 0.3) is 11.0 Å². The molecular weight excluding hydrogens is 318 g/mol. The quantitative estimate of drug-likeness (QED) is 0.867. The first kappa shape index (κ1) is 17.6. The van der Waals surface area contributed by atoms with E-state index in [0.29, 0.717) is 5.82 Å². The summed E-state index contributed by atoms with van der Waals surface area (Å²) in [5.41, 5.74) is 0.754. The average molecular weight is 345 g/mol. The van der Waals surface area contributed by atoms with Crippen LogP contribution in [0.15, 0.2) is 12.5 Å². The zero-order chi connectivity index (χ0) is 17.6. The van der Waals surface area contributed by atoms with Gasteiger partial charge in [0, 0.05) is 12.6 Å². The molecule has 2 aromatic heterocycles. The van der Waals surface area contributed by atoms with Crippen LogP contribution in [0, 0.1) is 0 Å². The van der Waals surface area contributed by atoms with Gasteiger partial charge in [0.05, 0.1) is 18.1 Å². The molecule has 1 aliphatic rings. The number of amides is 2. The molecule has 0 unspecified atom stereocenters. The van der Waals surface area contributed by atoms with Crippen molar-refractivity contribution in [2.45, 2.75) is 52.1 Å². The van der Waals surface area contributed by atoms with Crippen LogP contribution in [-0.4, -0.2) is 56.4 Å². The van der Waals surface area contributed by atoms with Crippen LogP contribution in [0.3, 0.4) is 0 Å². The minimum atomic E-state index is -0.271. The highest BCUT2D eigenvalue weighted by Gasteiger charge is 2.14. The Morgan fingerprint density at radius 1 is 1.16 bits per heavy atom. The highest BCUT2D eigenvalue weighted by molar-refractivity contribution is 5.97. The first-order chi connectivity index (χ1) is 12.1. The van der Waals surface area contributed by atoms with Gasteiger partial charge in [0.15, 0.2) is 5.65 Å². The maximum Gasteiger partial charge on any atom is 0.320 e. The summed E-state index contributed by atoms with van der Waals surface area (Å²) in [5.74, 6) is 0.490. The van der Waals surface area contributed by atoms with Crippen molar-refractivity contribution < 1.29 is 4.79 Å². The summed E-state index contributed by atoms with van der Waals surface area (Å²) in [4.78, 5) is 23.0. The standard InChI is InChI=1S/C17H27N7O/c1-13(2)21-17(25)22-15-14-11-20-24(16(14)19-12-18-15)10-9-23-7-5-3-4-6-8-23/h11-13H,3-10H2,1-2H3,(H2,18,19,21,22,25). The number of nitrogens with zero attached hydrogens (tertiary/aromatic N) is 5. The lowest BCUT2D eigenvalue weighted by Crippen LogP contribution is -2.34. The highest BCUT2D eigenvalue weighted by Crippen LogP contribution is 2.18. The van der Waals surface area contributed by atoms with Gasteiger partial charge in [-0.1, -0.05) is 12.8 Å². The van der Waals surface area contributed by atoms with Crippen LogP contribution < -0.4 is 10.6 Å². The van der Waals surface area contributed by atoms with Gasteiger partial charge in [0.25, 0.3) is 0 Å². The van der Waals surface area contributed by atoms with Gasteiger partial charge in [-0.15, -0.1) is 0 Å². The Bertz CT molecular complexity index is 704. The molecule has 3 rings (SSSR count). The minimum absolute atomic E-state index is 0.0636. The first-order valence-corrected chi connectivity index (χ1v) is 9.10. The smallest absolute Gasteiger partial charge is 0.320 e. The predicted octanol–water partition coefficient (Wildman–Crippen LogP) is 2.23. The van der Waals surface area contributed by atoms with Gasteiger partial charge < -0.3 is 10.2 Å². The fourth-order valence-corrected chi connectivity index (χ4v) is 3.16. The molecule has 8 heteroatoms. The predicted molar refractivity (Wildman–Crippen MR) is 97.5 cm³/mol. The maximum absolute atomic E-state index is 11.9. The molecule has 8 nitrogen and oxygen atoms in total. The zero-order valence-corrected chi connectivity index (χ0v) is 15.0. The molecule has 1 aliphatic heterocycles. The van der Waals surface area contributed by atoms with Crippen molar-refractivity contribution in [1.82, 2.24) is 30.0 Å². The Morgan fingerprint density at radius 3 is 2.64 bits per heavy atom. The second kappa shape index (κ2) is 8.24. The number of rotatable bonds is 5. The molecule has 1 fully saturated rings. The number of fused-ring (bicyclic) bond motifs is 1. The number of likely N-dealkylation sites (tertiary alicyclic amines) is 1. The van der Waals surface area contributed by atoms with Gasteiger partial charge >= 0.3 is 6.03 Å². The van der Waals surface area contributed by atoms with Crippen LogP contribution >= 0.6 is 0 Å². The SMILES string of the molecule is CC(C)NC(=O)Nc1ncnc2c1cnn2CCN1CCCCCC1. The highest BCUT2D eigenvalue weighted by atomic mass is 16.2. The second-order valence-corrected chi connectivity index (χ2v) is 6.84. The number of hydrogen-bond donors (Lipinski definition) is 2. The lowest BCUT2D eigenvalue weighted by molar-refractivity contribution is 0.250. The van der Waals surface area contributed by atoms with Crippen LogP contribution in [0.4, 0.5) is 10.6 Å². The van der Waals surface area contributed by atoms with Gasteiger partial charge in [-0.05, 0) is 39.8 Å². The van der Waals surface area contributed by atoms with Crippen LogP contribution in [-0.2, 0) is 6.54 Å². The van der Waals surface area contributed by atoms with Crippen LogP contribution in [0.1, 0.15) is 39.5 Å². The van der Waals surface area contributed by atoms with E-state index < -0.39 is 0 Å². The largest absolute Gasteiger partial charge is 0.336 e. The summed E-state index contributed by atoms with van der Waals surface area (Å²) in [6, 6.07) is -0.207. The van der Waals surface area contributed by atoms with E-state index in [9.17, 15) is 4.79 Å². The Kier molecular flexibility index (Phi) is 5.80. The Hall–Kier alpha value is -2.22. The molecule has 2 aromatic rings. The van der Waals surface area contributed by atoms with Gasteiger partial charge in [-0.25, -0.2) is 19.4 Å². The number of aromatic nitrogens is 4. The van der Waals surface area contributed by atoms with E-state index in [1.165, 1.54) is 32.0 Å². The number of urea groups is 1. The van der Waals surface area contributed by atoms with Crippen molar-refractivity contribution in [2.24, 2.45) is 0 Å². The van der Waals surface area contributed by atoms with Crippen molar-refractivity contribution in [3.63, 3.8) is 0 Å². The number of carbonyl (C=O) groups excluding carboxylic acids is 1. The summed E-state index contributed by atoms with van der Waals surface area (Å²) >= 11 is 0. The number of carbonyl (C=O) groups is 1. The molecule has 0 bridgehead atoms. The summed E-state index contributed by atoms with van der Waals surface area (Å²) in [6.07, 6.45) is 8.42. The average Bonchev–Trinajstić information content (AvgIpc) is 2.81. The van der Waals surface area contributed by atoms with E-state index in [1.54, 1.807) is 6.20 Å². The third-order valence-electron chi connectivity index (χ3n) is 4.41. The fourth-order valence-electron chi connectivity index (χ4n) is 3.16. The Balaban J connectivity index is 1.68. The zero-order valence-electron chi connectivity index (χ0n) is 15.0. The van der Waals surface area contributed by atoms with Crippen molar-refractivity contribution in [3.8, 4) is 0 Å². The molecule has 0 saturated carbocycles. The van der Waals surface area contributed by atoms with Crippen LogP contribution in [0.5, 0.6) is 0 Å². The van der Waals surface area contributed by atoms with Crippen molar-refractivity contribution in [1.29, 1.82) is 0 Å². The third-order valence-corrected chi connectivity index (χ3v) is 4.41. The van der Waals surface area contributed by atoms with E-state index in [2.05, 4.69) is 30.6 Å². The molecule has 25 heavy (non-hydrogen) atoms. The van der Waals surface area contributed by atoms with Crippen LogP contribution in [0.2, 0.25) is 0 Å². The normalized spacial score (nSPS) is 16.1. The van der Waals surface area contributed by atoms with E-state index >= 15 is 0 Å². The molecule has 1 saturated heterocycles. The fraction of sp³-hybridized carbons (Fsp3) is 0.647. The summed E-state index contributed by atoms with van der Waals surface area (Å²) < 4.78 is 1.90.